The predicted octanol–water partition coefficient (Wildman–Crippen LogP) is 3.96. The molecule has 0 radical (unpaired) electrons. The van der Waals surface area contributed by atoms with Crippen molar-refractivity contribution in [3.63, 3.8) is 0 Å². The van der Waals surface area contributed by atoms with E-state index in [9.17, 15) is 17.6 Å². The fraction of sp³-hybridized carbons (Fsp3) is 0.0714. The molecular weight excluding hydrogens is 302 g/mol. The van der Waals surface area contributed by atoms with E-state index in [1.807, 2.05) is 0 Å². The molecule has 3 rings (SSSR count). The summed E-state index contributed by atoms with van der Waals surface area (Å²) in [5, 5.41) is 3.30. The second-order valence-electron chi connectivity index (χ2n) is 4.37. The Morgan fingerprint density at radius 3 is 2.05 bits per heavy atom. The first-order valence-electron chi connectivity index (χ1n) is 6.07. The first-order valence-corrected chi connectivity index (χ1v) is 6.07. The second kappa shape index (κ2) is 5.21. The van der Waals surface area contributed by atoms with Gasteiger partial charge < -0.3 is 4.52 Å². The Morgan fingerprint density at radius 2 is 1.50 bits per heavy atom. The van der Waals surface area contributed by atoms with Gasteiger partial charge in [-0.2, -0.15) is 22.5 Å². The minimum Gasteiger partial charge on any atom is -0.329 e. The third kappa shape index (κ3) is 2.80. The molecule has 0 fully saturated rings. The summed E-state index contributed by atoms with van der Waals surface area (Å²) in [5.41, 5.74) is 1.78. The maximum Gasteiger partial charge on any atom is 0.471 e. The standard InChI is InChI=1S/C14H7F4N3O/c15-11-6-5-10(7-19-11)8-1-3-9(4-2-8)12-20-13(22-21-12)14(16,17)18/h1-7H. The Kier molecular flexibility index (Phi) is 3.36. The number of alkyl halides is 3. The zero-order chi connectivity index (χ0) is 15.7. The van der Waals surface area contributed by atoms with Crippen LogP contribution in [0.25, 0.3) is 22.5 Å². The average Bonchev–Trinajstić information content (AvgIpc) is 2.98. The van der Waals surface area contributed by atoms with E-state index in [2.05, 4.69) is 19.6 Å². The zero-order valence-electron chi connectivity index (χ0n) is 10.8. The van der Waals surface area contributed by atoms with Crippen LogP contribution in [-0.2, 0) is 6.18 Å². The largest absolute Gasteiger partial charge is 0.471 e. The lowest BCUT2D eigenvalue weighted by atomic mass is 10.1. The minimum absolute atomic E-state index is 0.156. The van der Waals surface area contributed by atoms with Crippen molar-refractivity contribution in [2.24, 2.45) is 0 Å². The summed E-state index contributed by atoms with van der Waals surface area (Å²) >= 11 is 0. The lowest BCUT2D eigenvalue weighted by Crippen LogP contribution is -2.04. The van der Waals surface area contributed by atoms with E-state index in [4.69, 9.17) is 0 Å². The van der Waals surface area contributed by atoms with Crippen molar-refractivity contribution >= 4 is 0 Å². The van der Waals surface area contributed by atoms with Crippen LogP contribution in [0.15, 0.2) is 47.1 Å². The minimum atomic E-state index is -4.68. The van der Waals surface area contributed by atoms with Gasteiger partial charge in [-0.05, 0) is 17.7 Å². The first-order chi connectivity index (χ1) is 10.4. The highest BCUT2D eigenvalue weighted by Crippen LogP contribution is 2.30. The summed E-state index contributed by atoms with van der Waals surface area (Å²) in [6.07, 6.45) is -3.31. The summed E-state index contributed by atoms with van der Waals surface area (Å²) < 4.78 is 54.1. The van der Waals surface area contributed by atoms with Gasteiger partial charge in [-0.1, -0.05) is 29.4 Å². The van der Waals surface area contributed by atoms with E-state index in [0.717, 1.165) is 5.56 Å². The van der Waals surface area contributed by atoms with Crippen LogP contribution in [0.2, 0.25) is 0 Å². The highest BCUT2D eigenvalue weighted by molar-refractivity contribution is 5.66. The highest BCUT2D eigenvalue weighted by Gasteiger charge is 2.38. The molecule has 0 bridgehead atoms. The molecule has 0 N–H and O–H groups in total. The Balaban J connectivity index is 1.88. The molecule has 22 heavy (non-hydrogen) atoms. The third-order valence-corrected chi connectivity index (χ3v) is 2.87. The van der Waals surface area contributed by atoms with Crippen molar-refractivity contribution in [1.29, 1.82) is 0 Å². The summed E-state index contributed by atoms with van der Waals surface area (Å²) in [6, 6.07) is 9.15. The van der Waals surface area contributed by atoms with Crippen LogP contribution in [0.1, 0.15) is 5.89 Å². The number of hydrogen-bond donors (Lipinski definition) is 0. The lowest BCUT2D eigenvalue weighted by Gasteiger charge is -2.01. The van der Waals surface area contributed by atoms with E-state index in [0.29, 0.717) is 11.1 Å². The number of halogens is 4. The smallest absolute Gasteiger partial charge is 0.329 e. The molecule has 0 spiro atoms. The molecule has 0 saturated heterocycles. The molecule has 0 aliphatic rings. The van der Waals surface area contributed by atoms with Crippen LogP contribution in [0.5, 0.6) is 0 Å². The van der Waals surface area contributed by atoms with E-state index in [-0.39, 0.29) is 5.82 Å². The Hall–Kier alpha value is -2.77. The van der Waals surface area contributed by atoms with Crippen molar-refractivity contribution in [1.82, 2.24) is 15.1 Å². The van der Waals surface area contributed by atoms with Crippen molar-refractivity contribution in [3.05, 3.63) is 54.4 Å². The van der Waals surface area contributed by atoms with Gasteiger partial charge in [-0.3, -0.25) is 0 Å². The van der Waals surface area contributed by atoms with E-state index >= 15 is 0 Å². The van der Waals surface area contributed by atoms with Crippen LogP contribution in [0, 0.1) is 5.95 Å². The SMILES string of the molecule is Fc1ccc(-c2ccc(-c3noc(C(F)(F)F)n3)cc2)cn1. The Bertz CT molecular complexity index is 779. The van der Waals surface area contributed by atoms with Crippen molar-refractivity contribution in [3.8, 4) is 22.5 Å². The van der Waals surface area contributed by atoms with Gasteiger partial charge in [-0.25, -0.2) is 4.98 Å². The molecule has 4 nitrogen and oxygen atoms in total. The molecule has 8 heteroatoms. The first kappa shape index (κ1) is 14.2. The molecule has 3 aromatic rings. The zero-order valence-corrected chi connectivity index (χ0v) is 10.8. The summed E-state index contributed by atoms with van der Waals surface area (Å²) in [6.45, 7) is 0. The van der Waals surface area contributed by atoms with Gasteiger partial charge in [0.05, 0.1) is 0 Å². The average molecular weight is 309 g/mol. The van der Waals surface area contributed by atoms with E-state index in [1.54, 1.807) is 30.3 Å². The highest BCUT2D eigenvalue weighted by atomic mass is 19.4. The molecule has 1 aromatic carbocycles. The molecule has 0 atom stereocenters. The molecule has 0 aliphatic carbocycles. The van der Waals surface area contributed by atoms with Crippen molar-refractivity contribution in [2.75, 3.05) is 0 Å². The van der Waals surface area contributed by atoms with Gasteiger partial charge in [0.25, 0.3) is 0 Å². The van der Waals surface area contributed by atoms with Crippen LogP contribution >= 0.6 is 0 Å². The summed E-state index contributed by atoms with van der Waals surface area (Å²) in [7, 11) is 0. The van der Waals surface area contributed by atoms with Gasteiger partial charge >= 0.3 is 12.1 Å². The number of benzene rings is 1. The van der Waals surface area contributed by atoms with Crippen LogP contribution in [-0.4, -0.2) is 15.1 Å². The summed E-state index contributed by atoms with van der Waals surface area (Å²) in [5.74, 6) is -2.14. The number of aromatic nitrogens is 3. The Labute approximate surface area is 121 Å². The number of rotatable bonds is 2. The van der Waals surface area contributed by atoms with E-state index < -0.39 is 18.0 Å². The van der Waals surface area contributed by atoms with Gasteiger partial charge in [0.1, 0.15) is 0 Å². The quantitative estimate of drug-likeness (QED) is 0.531. The monoisotopic (exact) mass is 309 g/mol. The number of hydrogen-bond acceptors (Lipinski definition) is 4. The fourth-order valence-electron chi connectivity index (χ4n) is 1.81. The van der Waals surface area contributed by atoms with Crippen LogP contribution in [0.3, 0.4) is 0 Å². The molecule has 0 aliphatic heterocycles. The van der Waals surface area contributed by atoms with Gasteiger partial charge in [0.2, 0.25) is 11.8 Å². The molecule has 0 saturated carbocycles. The van der Waals surface area contributed by atoms with Gasteiger partial charge in [0.15, 0.2) is 0 Å². The van der Waals surface area contributed by atoms with Crippen molar-refractivity contribution < 1.29 is 22.1 Å². The number of pyridine rings is 1. The predicted molar refractivity (Wildman–Crippen MR) is 67.9 cm³/mol. The molecule has 0 amide bonds. The fourth-order valence-corrected chi connectivity index (χ4v) is 1.81. The van der Waals surface area contributed by atoms with Crippen LogP contribution < -0.4 is 0 Å². The molecule has 0 unspecified atom stereocenters. The normalized spacial score (nSPS) is 11.6. The molecule has 112 valence electrons. The lowest BCUT2D eigenvalue weighted by molar-refractivity contribution is -0.159. The van der Waals surface area contributed by atoms with E-state index in [1.165, 1.54) is 12.3 Å². The van der Waals surface area contributed by atoms with Gasteiger partial charge in [0, 0.05) is 17.3 Å². The van der Waals surface area contributed by atoms with Crippen LogP contribution in [0.4, 0.5) is 17.6 Å². The Morgan fingerprint density at radius 1 is 0.864 bits per heavy atom. The van der Waals surface area contributed by atoms with Crippen molar-refractivity contribution in [2.45, 2.75) is 6.18 Å². The second-order valence-corrected chi connectivity index (χ2v) is 4.37. The maximum absolute atomic E-state index is 12.8. The molecule has 2 aromatic heterocycles. The van der Waals surface area contributed by atoms with Gasteiger partial charge in [-0.15, -0.1) is 0 Å². The molecule has 2 heterocycles. The summed E-state index contributed by atoms with van der Waals surface area (Å²) in [4.78, 5) is 6.84. The number of nitrogens with zero attached hydrogens (tertiary/aromatic N) is 3. The maximum atomic E-state index is 12.8. The topological polar surface area (TPSA) is 51.8 Å². The molecular formula is C14H7F4N3O. The third-order valence-electron chi connectivity index (χ3n) is 2.87.